The number of fused-ring (bicyclic) bond motifs is 1. The minimum atomic E-state index is 0.866. The number of aryl methyl sites for hydroxylation is 1. The largest absolute Gasteiger partial charge is 0.497 e. The lowest BCUT2D eigenvalue weighted by molar-refractivity contribution is 0.247. The van der Waals surface area contributed by atoms with E-state index in [1.165, 1.54) is 0 Å². The monoisotopic (exact) mass is 431 g/mol. The van der Waals surface area contributed by atoms with Crippen molar-refractivity contribution in [1.82, 2.24) is 19.9 Å². The number of ether oxygens (including phenoxy) is 1. The molecule has 0 amide bonds. The lowest BCUT2D eigenvalue weighted by Crippen LogP contribution is -2.46. The van der Waals surface area contributed by atoms with Crippen molar-refractivity contribution in [3.63, 3.8) is 0 Å². The van der Waals surface area contributed by atoms with Crippen LogP contribution in [0, 0.1) is 6.92 Å². The maximum Gasteiger partial charge on any atom is 0.150 e. The molecule has 0 bridgehead atoms. The number of anilines is 1. The molecule has 2 aromatic carbocycles. The van der Waals surface area contributed by atoms with E-state index in [9.17, 15) is 0 Å². The number of rotatable bonds is 5. The lowest BCUT2D eigenvalue weighted by Gasteiger charge is -2.35. The fourth-order valence-electron chi connectivity index (χ4n) is 3.97. The van der Waals surface area contributed by atoms with Crippen molar-refractivity contribution in [3.05, 3.63) is 65.3 Å². The summed E-state index contributed by atoms with van der Waals surface area (Å²) in [5.41, 5.74) is 5.17. The molecule has 2 aromatic heterocycles. The molecule has 1 aliphatic rings. The zero-order valence-corrected chi connectivity index (χ0v) is 18.6. The average molecular weight is 432 g/mol. The number of thiazole rings is 1. The van der Waals surface area contributed by atoms with Gasteiger partial charge in [-0.15, -0.1) is 11.3 Å². The molecule has 0 N–H and O–H groups in total. The van der Waals surface area contributed by atoms with E-state index in [2.05, 4.69) is 34.2 Å². The van der Waals surface area contributed by atoms with Gasteiger partial charge in [0.2, 0.25) is 0 Å². The average Bonchev–Trinajstić information content (AvgIpc) is 3.28. The zero-order valence-electron chi connectivity index (χ0n) is 17.8. The van der Waals surface area contributed by atoms with Crippen LogP contribution in [0.3, 0.4) is 0 Å². The van der Waals surface area contributed by atoms with E-state index < -0.39 is 0 Å². The minimum absolute atomic E-state index is 0.866. The van der Waals surface area contributed by atoms with Crippen LogP contribution >= 0.6 is 11.3 Å². The van der Waals surface area contributed by atoms with E-state index in [-0.39, 0.29) is 0 Å². The second-order valence-corrected chi connectivity index (χ2v) is 8.62. The molecule has 3 heterocycles. The Bertz CT molecular complexity index is 1180. The SMILES string of the molecule is COc1ccc(-c2nc(CN3CCN(c4nc5ccccc5nc4C)CC3)cs2)cc1. The van der Waals surface area contributed by atoms with Gasteiger partial charge in [-0.1, -0.05) is 12.1 Å². The molecule has 0 unspecified atom stereocenters. The van der Waals surface area contributed by atoms with Gasteiger partial charge in [0, 0.05) is 43.7 Å². The van der Waals surface area contributed by atoms with E-state index in [0.29, 0.717) is 0 Å². The van der Waals surface area contributed by atoms with Crippen molar-refractivity contribution in [2.45, 2.75) is 13.5 Å². The Morgan fingerprint density at radius 1 is 0.903 bits per heavy atom. The van der Waals surface area contributed by atoms with Crippen LogP contribution in [-0.4, -0.2) is 53.1 Å². The summed E-state index contributed by atoms with van der Waals surface area (Å²) < 4.78 is 5.24. The number of methoxy groups -OCH3 is 1. The predicted octanol–water partition coefficient (Wildman–Crippen LogP) is 4.39. The molecule has 31 heavy (non-hydrogen) atoms. The van der Waals surface area contributed by atoms with Gasteiger partial charge >= 0.3 is 0 Å². The molecule has 0 radical (unpaired) electrons. The third-order valence-corrected chi connectivity index (χ3v) is 6.61. The molecular formula is C24H25N5OS. The van der Waals surface area contributed by atoms with E-state index >= 15 is 0 Å². The van der Waals surface area contributed by atoms with Crippen molar-refractivity contribution < 1.29 is 4.74 Å². The molecule has 7 heteroatoms. The molecule has 158 valence electrons. The Labute approximate surface area is 186 Å². The molecule has 5 rings (SSSR count). The number of para-hydroxylation sites is 2. The number of benzene rings is 2. The van der Waals surface area contributed by atoms with Gasteiger partial charge in [-0.2, -0.15) is 0 Å². The van der Waals surface area contributed by atoms with Gasteiger partial charge in [0.05, 0.1) is 29.5 Å². The molecule has 0 saturated carbocycles. The smallest absolute Gasteiger partial charge is 0.150 e. The summed E-state index contributed by atoms with van der Waals surface area (Å²) in [4.78, 5) is 19.3. The molecular weight excluding hydrogens is 406 g/mol. The van der Waals surface area contributed by atoms with Crippen LogP contribution in [0.5, 0.6) is 5.75 Å². The van der Waals surface area contributed by atoms with Gasteiger partial charge in [-0.05, 0) is 43.3 Å². The third-order valence-electron chi connectivity index (χ3n) is 5.67. The molecule has 6 nitrogen and oxygen atoms in total. The zero-order chi connectivity index (χ0) is 21.2. The fourth-order valence-corrected chi connectivity index (χ4v) is 4.79. The quantitative estimate of drug-likeness (QED) is 0.467. The van der Waals surface area contributed by atoms with Gasteiger partial charge in [-0.3, -0.25) is 4.90 Å². The molecule has 4 aromatic rings. The molecule has 1 aliphatic heterocycles. The van der Waals surface area contributed by atoms with Crippen molar-refractivity contribution in [3.8, 4) is 16.3 Å². The number of aromatic nitrogens is 3. The van der Waals surface area contributed by atoms with E-state index in [1.54, 1.807) is 18.4 Å². The summed E-state index contributed by atoms with van der Waals surface area (Å²) in [7, 11) is 1.68. The van der Waals surface area contributed by atoms with Gasteiger partial charge in [0.25, 0.3) is 0 Å². The van der Waals surface area contributed by atoms with Gasteiger partial charge in [0.15, 0.2) is 5.82 Å². The van der Waals surface area contributed by atoms with E-state index in [4.69, 9.17) is 19.7 Å². The highest BCUT2D eigenvalue weighted by molar-refractivity contribution is 7.13. The number of hydrogen-bond donors (Lipinski definition) is 0. The number of nitrogens with zero attached hydrogens (tertiary/aromatic N) is 5. The lowest BCUT2D eigenvalue weighted by atomic mass is 10.2. The first-order valence-electron chi connectivity index (χ1n) is 10.5. The Morgan fingerprint density at radius 2 is 1.61 bits per heavy atom. The summed E-state index contributed by atoms with van der Waals surface area (Å²) in [6.07, 6.45) is 0. The third kappa shape index (κ3) is 4.24. The van der Waals surface area contributed by atoms with Crippen molar-refractivity contribution >= 4 is 28.2 Å². The Morgan fingerprint density at radius 3 is 2.32 bits per heavy atom. The first-order valence-corrected chi connectivity index (χ1v) is 11.4. The first kappa shape index (κ1) is 19.9. The second kappa shape index (κ2) is 8.61. The maximum absolute atomic E-state index is 5.24. The van der Waals surface area contributed by atoms with Gasteiger partial charge in [0.1, 0.15) is 10.8 Å². The highest BCUT2D eigenvalue weighted by atomic mass is 32.1. The molecule has 1 fully saturated rings. The summed E-state index contributed by atoms with van der Waals surface area (Å²) in [5, 5.41) is 3.23. The van der Waals surface area contributed by atoms with Crippen LogP contribution in [0.2, 0.25) is 0 Å². The summed E-state index contributed by atoms with van der Waals surface area (Å²) in [6.45, 7) is 6.80. The Hall–Kier alpha value is -3.03. The Kier molecular flexibility index (Phi) is 5.53. The normalized spacial score (nSPS) is 14.8. The fraction of sp³-hybridized carbons (Fsp3) is 0.292. The van der Waals surface area contributed by atoms with E-state index in [0.717, 1.165) is 77.3 Å². The van der Waals surface area contributed by atoms with Crippen LogP contribution < -0.4 is 9.64 Å². The van der Waals surface area contributed by atoms with E-state index in [1.807, 2.05) is 36.4 Å². The van der Waals surface area contributed by atoms with Crippen LogP contribution in [0.1, 0.15) is 11.4 Å². The van der Waals surface area contributed by atoms with Crippen molar-refractivity contribution in [2.24, 2.45) is 0 Å². The van der Waals surface area contributed by atoms with Crippen molar-refractivity contribution in [1.29, 1.82) is 0 Å². The first-order chi connectivity index (χ1) is 15.2. The number of hydrogen-bond acceptors (Lipinski definition) is 7. The van der Waals surface area contributed by atoms with Crippen molar-refractivity contribution in [2.75, 3.05) is 38.2 Å². The maximum atomic E-state index is 5.24. The van der Waals surface area contributed by atoms with Crippen LogP contribution in [-0.2, 0) is 6.54 Å². The molecule has 0 atom stereocenters. The minimum Gasteiger partial charge on any atom is -0.497 e. The summed E-state index contributed by atoms with van der Waals surface area (Å²) >= 11 is 1.70. The molecule has 1 saturated heterocycles. The number of piperazine rings is 1. The standard InChI is InChI=1S/C24H25N5OS/c1-17-23(27-22-6-4-3-5-21(22)25-17)29-13-11-28(12-14-29)15-19-16-31-24(26-19)18-7-9-20(30-2)10-8-18/h3-10,16H,11-15H2,1-2H3. The van der Waals surface area contributed by atoms with Crippen LogP contribution in [0.15, 0.2) is 53.9 Å². The highest BCUT2D eigenvalue weighted by Gasteiger charge is 2.21. The topological polar surface area (TPSA) is 54.4 Å². The molecule has 0 spiro atoms. The summed E-state index contributed by atoms with van der Waals surface area (Å²) in [6, 6.07) is 16.2. The molecule has 0 aliphatic carbocycles. The Balaban J connectivity index is 1.22. The van der Waals surface area contributed by atoms with Crippen LogP contribution in [0.4, 0.5) is 5.82 Å². The van der Waals surface area contributed by atoms with Gasteiger partial charge in [-0.25, -0.2) is 15.0 Å². The van der Waals surface area contributed by atoms with Gasteiger partial charge < -0.3 is 9.64 Å². The second-order valence-electron chi connectivity index (χ2n) is 7.76. The predicted molar refractivity (Wildman–Crippen MR) is 126 cm³/mol. The highest BCUT2D eigenvalue weighted by Crippen LogP contribution is 2.27. The van der Waals surface area contributed by atoms with Crippen LogP contribution in [0.25, 0.3) is 21.6 Å². The summed E-state index contributed by atoms with van der Waals surface area (Å²) in [5.74, 6) is 1.87.